The van der Waals surface area contributed by atoms with Gasteiger partial charge >= 0.3 is 0 Å². The summed E-state index contributed by atoms with van der Waals surface area (Å²) in [5.41, 5.74) is 0.841. The maximum absolute atomic E-state index is 9.93. The van der Waals surface area contributed by atoms with Crippen LogP contribution in [0.25, 0.3) is 0 Å². The van der Waals surface area contributed by atoms with Crippen molar-refractivity contribution in [2.45, 2.75) is 26.8 Å². The summed E-state index contributed by atoms with van der Waals surface area (Å²) in [6, 6.07) is 3.46. The molecule has 0 atom stereocenters. The molecule has 112 valence electrons. The van der Waals surface area contributed by atoms with Crippen molar-refractivity contribution >= 4 is 0 Å². The van der Waals surface area contributed by atoms with Crippen LogP contribution in [0.3, 0.4) is 0 Å². The normalized spacial score (nSPS) is 13.2. The van der Waals surface area contributed by atoms with Gasteiger partial charge in [-0.15, -0.1) is 0 Å². The number of likely N-dealkylation sites (N-methyl/N-ethyl adjacent to an activating group) is 1. The summed E-state index contributed by atoms with van der Waals surface area (Å²) in [6.07, 6.45) is 1.18. The molecule has 0 spiro atoms. The van der Waals surface area contributed by atoms with Crippen molar-refractivity contribution in [3.05, 3.63) is 17.7 Å². The molecular formula is C15H24N2O3. The topological polar surface area (TPSA) is 54.0 Å². The second-order valence-corrected chi connectivity index (χ2v) is 4.95. The van der Waals surface area contributed by atoms with E-state index in [1.165, 1.54) is 6.42 Å². The van der Waals surface area contributed by atoms with Gasteiger partial charge in [-0.25, -0.2) is 0 Å². The number of ether oxygens (including phenoxy) is 2. The smallest absolute Gasteiger partial charge is 0.231 e. The molecule has 5 nitrogen and oxygen atoms in total. The second kappa shape index (κ2) is 7.36. The number of nitrogens with zero attached hydrogens (tertiary/aromatic N) is 1. The number of hydrogen-bond acceptors (Lipinski definition) is 5. The number of rotatable bonds is 8. The Balaban J connectivity index is 1.79. The molecule has 0 saturated carbocycles. The number of aromatic hydroxyl groups is 1. The van der Waals surface area contributed by atoms with Gasteiger partial charge in [-0.2, -0.15) is 0 Å². The highest BCUT2D eigenvalue weighted by atomic mass is 16.7. The van der Waals surface area contributed by atoms with E-state index in [1.54, 1.807) is 6.07 Å². The zero-order valence-corrected chi connectivity index (χ0v) is 12.3. The minimum atomic E-state index is 0.230. The molecular weight excluding hydrogens is 256 g/mol. The van der Waals surface area contributed by atoms with Crippen molar-refractivity contribution in [2.24, 2.45) is 0 Å². The molecule has 0 bridgehead atoms. The third-order valence-electron chi connectivity index (χ3n) is 3.48. The summed E-state index contributed by atoms with van der Waals surface area (Å²) in [6.45, 7) is 9.37. The first-order chi connectivity index (χ1) is 9.74. The highest BCUT2D eigenvalue weighted by Crippen LogP contribution is 2.37. The Labute approximate surface area is 120 Å². The number of phenols is 1. The van der Waals surface area contributed by atoms with Crippen molar-refractivity contribution in [1.29, 1.82) is 0 Å². The fourth-order valence-corrected chi connectivity index (χ4v) is 2.32. The van der Waals surface area contributed by atoms with Crippen LogP contribution in [0.1, 0.15) is 25.8 Å². The van der Waals surface area contributed by atoms with Crippen LogP contribution in [0.5, 0.6) is 17.2 Å². The predicted octanol–water partition coefficient (Wildman–Crippen LogP) is 1.94. The minimum absolute atomic E-state index is 0.230. The Morgan fingerprint density at radius 1 is 1.20 bits per heavy atom. The lowest BCUT2D eigenvalue weighted by atomic mass is 10.1. The average molecular weight is 280 g/mol. The van der Waals surface area contributed by atoms with Crippen molar-refractivity contribution in [3.63, 3.8) is 0 Å². The van der Waals surface area contributed by atoms with Gasteiger partial charge in [-0.3, -0.25) is 0 Å². The van der Waals surface area contributed by atoms with Gasteiger partial charge in [0, 0.05) is 31.3 Å². The van der Waals surface area contributed by atoms with E-state index in [2.05, 4.69) is 24.1 Å². The lowest BCUT2D eigenvalue weighted by molar-refractivity contribution is 0.174. The third-order valence-corrected chi connectivity index (χ3v) is 3.48. The minimum Gasteiger partial charge on any atom is -0.507 e. The summed E-state index contributed by atoms with van der Waals surface area (Å²) in [4.78, 5) is 2.41. The van der Waals surface area contributed by atoms with Crippen molar-refractivity contribution in [2.75, 3.05) is 33.0 Å². The maximum Gasteiger partial charge on any atom is 0.231 e. The van der Waals surface area contributed by atoms with E-state index in [4.69, 9.17) is 9.47 Å². The summed E-state index contributed by atoms with van der Waals surface area (Å²) in [5.74, 6) is 1.58. The molecule has 2 N–H and O–H groups in total. The summed E-state index contributed by atoms with van der Waals surface area (Å²) >= 11 is 0. The van der Waals surface area contributed by atoms with Crippen molar-refractivity contribution in [1.82, 2.24) is 10.2 Å². The van der Waals surface area contributed by atoms with Gasteiger partial charge in [0.05, 0.1) is 0 Å². The van der Waals surface area contributed by atoms with Crippen molar-refractivity contribution < 1.29 is 14.6 Å². The first kappa shape index (κ1) is 14.9. The van der Waals surface area contributed by atoms with Gasteiger partial charge in [-0.05, 0) is 25.6 Å². The zero-order chi connectivity index (χ0) is 14.4. The lowest BCUT2D eigenvalue weighted by Crippen LogP contribution is -2.32. The van der Waals surface area contributed by atoms with Gasteiger partial charge in [0.2, 0.25) is 6.79 Å². The van der Waals surface area contributed by atoms with Crippen LogP contribution in [0.2, 0.25) is 0 Å². The van der Waals surface area contributed by atoms with Crippen LogP contribution in [-0.2, 0) is 6.54 Å². The Morgan fingerprint density at radius 2 is 1.95 bits per heavy atom. The monoisotopic (exact) mass is 280 g/mol. The number of benzene rings is 1. The summed E-state index contributed by atoms with van der Waals surface area (Å²) in [5, 5.41) is 13.3. The molecule has 1 aromatic carbocycles. The molecule has 0 fully saturated rings. The van der Waals surface area contributed by atoms with E-state index in [0.717, 1.165) is 31.7 Å². The van der Waals surface area contributed by atoms with Crippen LogP contribution in [0.4, 0.5) is 0 Å². The van der Waals surface area contributed by atoms with Gasteiger partial charge in [0.25, 0.3) is 0 Å². The quantitative estimate of drug-likeness (QED) is 0.713. The average Bonchev–Trinajstić information content (AvgIpc) is 2.89. The third kappa shape index (κ3) is 3.77. The molecule has 1 aliphatic heterocycles. The molecule has 1 aromatic rings. The predicted molar refractivity (Wildman–Crippen MR) is 78.3 cm³/mol. The van der Waals surface area contributed by atoms with E-state index in [-0.39, 0.29) is 12.5 Å². The first-order valence-corrected chi connectivity index (χ1v) is 7.29. The SMILES string of the molecule is CCCN(CC)CCNCc1cc2c(cc1O)OCO2. The van der Waals surface area contributed by atoms with E-state index < -0.39 is 0 Å². The fraction of sp³-hybridized carbons (Fsp3) is 0.600. The second-order valence-electron chi connectivity index (χ2n) is 4.95. The summed E-state index contributed by atoms with van der Waals surface area (Å²) < 4.78 is 10.5. The summed E-state index contributed by atoms with van der Waals surface area (Å²) in [7, 11) is 0. The molecule has 0 amide bonds. The van der Waals surface area contributed by atoms with Gasteiger partial charge in [0.1, 0.15) is 5.75 Å². The zero-order valence-electron chi connectivity index (χ0n) is 12.3. The molecule has 5 heteroatoms. The van der Waals surface area contributed by atoms with Crippen LogP contribution in [-0.4, -0.2) is 43.0 Å². The maximum atomic E-state index is 9.93. The van der Waals surface area contributed by atoms with Crippen molar-refractivity contribution in [3.8, 4) is 17.2 Å². The largest absolute Gasteiger partial charge is 0.507 e. The molecule has 2 rings (SSSR count). The molecule has 20 heavy (non-hydrogen) atoms. The number of phenolic OH excluding ortho intramolecular Hbond substituents is 1. The van der Waals surface area contributed by atoms with Crippen LogP contribution < -0.4 is 14.8 Å². The number of fused-ring (bicyclic) bond motifs is 1. The molecule has 1 aliphatic rings. The molecule has 0 radical (unpaired) electrons. The van der Waals surface area contributed by atoms with E-state index in [1.807, 2.05) is 6.07 Å². The molecule has 0 aromatic heterocycles. The van der Waals surface area contributed by atoms with Crippen LogP contribution >= 0.6 is 0 Å². The molecule has 1 heterocycles. The van der Waals surface area contributed by atoms with E-state index in [0.29, 0.717) is 18.0 Å². The van der Waals surface area contributed by atoms with Gasteiger partial charge in [-0.1, -0.05) is 13.8 Å². The number of nitrogens with one attached hydrogen (secondary N) is 1. The van der Waals surface area contributed by atoms with Gasteiger partial charge in [0.15, 0.2) is 11.5 Å². The van der Waals surface area contributed by atoms with Crippen LogP contribution in [0, 0.1) is 0 Å². The highest BCUT2D eigenvalue weighted by molar-refractivity contribution is 5.51. The van der Waals surface area contributed by atoms with Crippen LogP contribution in [0.15, 0.2) is 12.1 Å². The van der Waals surface area contributed by atoms with Gasteiger partial charge < -0.3 is 24.8 Å². The Hall–Kier alpha value is -1.46. The lowest BCUT2D eigenvalue weighted by Gasteiger charge is -2.19. The Morgan fingerprint density at radius 3 is 2.65 bits per heavy atom. The number of hydrogen-bond donors (Lipinski definition) is 2. The Bertz CT molecular complexity index is 437. The fourth-order valence-electron chi connectivity index (χ4n) is 2.32. The Kier molecular flexibility index (Phi) is 5.49. The van der Waals surface area contributed by atoms with E-state index in [9.17, 15) is 5.11 Å². The first-order valence-electron chi connectivity index (χ1n) is 7.29. The standard InChI is InChI=1S/C15H24N2O3/c1-3-6-17(4-2)7-5-16-10-12-8-14-15(9-13(12)18)20-11-19-14/h8-9,16,18H,3-7,10-11H2,1-2H3. The highest BCUT2D eigenvalue weighted by Gasteiger charge is 2.16. The molecule has 0 aliphatic carbocycles. The molecule has 0 unspecified atom stereocenters. The van der Waals surface area contributed by atoms with E-state index >= 15 is 0 Å². The molecule has 0 saturated heterocycles.